The van der Waals surface area contributed by atoms with Gasteiger partial charge in [-0.2, -0.15) is 0 Å². The van der Waals surface area contributed by atoms with E-state index in [0.29, 0.717) is 0 Å². The Labute approximate surface area is 53.8 Å². The summed E-state index contributed by atoms with van der Waals surface area (Å²) in [6.45, 7) is 3.03. The number of aliphatic hydroxyl groups excluding tert-OH is 1. The molecule has 0 aliphatic carbocycles. The molecule has 0 fully saturated rings. The number of carboxylic acids is 1. The summed E-state index contributed by atoms with van der Waals surface area (Å²) >= 11 is 0. The van der Waals surface area contributed by atoms with E-state index in [1.54, 1.807) is 7.05 Å². The number of hydrogen-bond acceptors (Lipinski definition) is 3. The minimum atomic E-state index is -0.981. The van der Waals surface area contributed by atoms with Crippen molar-refractivity contribution in [3.63, 3.8) is 0 Å². The molecule has 4 heteroatoms. The fourth-order valence-electron chi connectivity index (χ4n) is 0. The third-order valence-corrected chi connectivity index (χ3v) is 0.333. The molecule has 3 N–H and O–H groups in total. The fraction of sp³-hybridized carbons (Fsp3) is 0.400. The monoisotopic (exact) mass is 133 g/mol. The van der Waals surface area contributed by atoms with Crippen molar-refractivity contribution in [3.05, 3.63) is 12.7 Å². The summed E-state index contributed by atoms with van der Waals surface area (Å²) in [4.78, 5) is 9.25. The highest BCUT2D eigenvalue weighted by atomic mass is 16.4. The molecule has 0 radical (unpaired) electrons. The topological polar surface area (TPSA) is 69.6 Å². The van der Waals surface area contributed by atoms with Gasteiger partial charge in [-0.3, -0.25) is 5.32 Å². The molecule has 0 aliphatic rings. The average Bonchev–Trinajstić information content (AvgIpc) is 1.89. The largest absolute Gasteiger partial charge is 0.478 e. The van der Waals surface area contributed by atoms with Gasteiger partial charge in [0, 0.05) is 6.08 Å². The van der Waals surface area contributed by atoms with Gasteiger partial charge in [0.2, 0.25) is 0 Å². The number of carbonyl (C=O) groups is 1. The third kappa shape index (κ3) is 41.4. The van der Waals surface area contributed by atoms with E-state index < -0.39 is 5.97 Å². The van der Waals surface area contributed by atoms with E-state index in [0.717, 1.165) is 6.08 Å². The number of carboxylic acid groups (broad SMARTS) is 1. The third-order valence-electron chi connectivity index (χ3n) is 0.333. The van der Waals surface area contributed by atoms with Gasteiger partial charge < -0.3 is 10.2 Å². The second kappa shape index (κ2) is 10.2. The van der Waals surface area contributed by atoms with Crippen molar-refractivity contribution in [1.29, 1.82) is 0 Å². The lowest BCUT2D eigenvalue weighted by molar-refractivity contribution is -0.131. The van der Waals surface area contributed by atoms with E-state index in [2.05, 4.69) is 11.9 Å². The number of rotatable bonds is 2. The summed E-state index contributed by atoms with van der Waals surface area (Å²) < 4.78 is 0. The summed E-state index contributed by atoms with van der Waals surface area (Å²) in [5.74, 6) is -0.981. The minimum Gasteiger partial charge on any atom is -0.478 e. The van der Waals surface area contributed by atoms with Gasteiger partial charge in [-0.05, 0) is 7.05 Å². The van der Waals surface area contributed by atoms with Gasteiger partial charge in [-0.25, -0.2) is 4.79 Å². The molecule has 0 aromatic heterocycles. The minimum absolute atomic E-state index is 0.0694. The smallest absolute Gasteiger partial charge is 0.327 e. The van der Waals surface area contributed by atoms with Gasteiger partial charge in [-0.1, -0.05) is 6.58 Å². The van der Waals surface area contributed by atoms with E-state index in [9.17, 15) is 4.79 Å². The van der Waals surface area contributed by atoms with Gasteiger partial charge in [0.15, 0.2) is 0 Å². The van der Waals surface area contributed by atoms with Crippen LogP contribution in [0.4, 0.5) is 0 Å². The summed E-state index contributed by atoms with van der Waals surface area (Å²) in [5.41, 5.74) is 0. The molecule has 0 spiro atoms. The molecule has 0 atom stereocenters. The molecule has 0 bridgehead atoms. The molecule has 0 saturated heterocycles. The molecule has 0 rings (SSSR count). The van der Waals surface area contributed by atoms with Crippen LogP contribution < -0.4 is 5.32 Å². The van der Waals surface area contributed by atoms with Crippen LogP contribution in [0, 0.1) is 0 Å². The van der Waals surface area contributed by atoms with Gasteiger partial charge in [-0.15, -0.1) is 0 Å². The average molecular weight is 133 g/mol. The Hall–Kier alpha value is -0.870. The Morgan fingerprint density at radius 3 is 2.11 bits per heavy atom. The van der Waals surface area contributed by atoms with Crippen LogP contribution in [-0.4, -0.2) is 30.0 Å². The van der Waals surface area contributed by atoms with Crippen molar-refractivity contribution < 1.29 is 15.0 Å². The van der Waals surface area contributed by atoms with Gasteiger partial charge in [0.05, 0.1) is 6.73 Å². The zero-order valence-corrected chi connectivity index (χ0v) is 5.29. The zero-order valence-electron chi connectivity index (χ0n) is 5.29. The molecule has 0 aromatic rings. The second-order valence-corrected chi connectivity index (χ2v) is 1.05. The maximum absolute atomic E-state index is 9.25. The number of nitrogens with one attached hydrogen (secondary N) is 1. The SMILES string of the molecule is C=CC(=O)O.CNCO. The number of aliphatic carboxylic acids is 1. The highest BCUT2D eigenvalue weighted by molar-refractivity contribution is 5.78. The molecule has 0 unspecified atom stereocenters. The van der Waals surface area contributed by atoms with Crippen LogP contribution in [0.25, 0.3) is 0 Å². The van der Waals surface area contributed by atoms with E-state index >= 15 is 0 Å². The molecule has 0 aliphatic heterocycles. The predicted octanol–water partition coefficient (Wildman–Crippen LogP) is -0.587. The van der Waals surface area contributed by atoms with Crippen molar-refractivity contribution in [3.8, 4) is 0 Å². The van der Waals surface area contributed by atoms with Gasteiger partial charge in [0.25, 0.3) is 0 Å². The highest BCUT2D eigenvalue weighted by Gasteiger charge is 1.73. The molecule has 54 valence electrons. The van der Waals surface area contributed by atoms with E-state index in [1.807, 2.05) is 0 Å². The van der Waals surface area contributed by atoms with Crippen LogP contribution in [0.3, 0.4) is 0 Å². The maximum Gasteiger partial charge on any atom is 0.327 e. The van der Waals surface area contributed by atoms with Crippen LogP contribution in [0.15, 0.2) is 12.7 Å². The second-order valence-electron chi connectivity index (χ2n) is 1.05. The molecular formula is C5H11NO3. The van der Waals surface area contributed by atoms with E-state index in [1.165, 1.54) is 0 Å². The van der Waals surface area contributed by atoms with Crippen molar-refractivity contribution in [1.82, 2.24) is 5.32 Å². The van der Waals surface area contributed by atoms with Crippen LogP contribution in [-0.2, 0) is 4.79 Å². The first kappa shape index (κ1) is 11.0. The van der Waals surface area contributed by atoms with Crippen LogP contribution in [0.5, 0.6) is 0 Å². The molecule has 0 aromatic carbocycles. The van der Waals surface area contributed by atoms with Crippen molar-refractivity contribution in [2.24, 2.45) is 0 Å². The van der Waals surface area contributed by atoms with Crippen molar-refractivity contribution in [2.75, 3.05) is 13.8 Å². The summed E-state index contributed by atoms with van der Waals surface area (Å²) in [6.07, 6.45) is 0.833. The number of hydrogen-bond donors (Lipinski definition) is 3. The standard InChI is InChI=1S/C3H4O2.C2H7NO/c1-2-3(4)5;1-3-2-4/h2H,1H2,(H,4,5);3-4H,2H2,1H3. The number of aliphatic hydroxyl groups is 1. The van der Waals surface area contributed by atoms with Crippen LogP contribution in [0.2, 0.25) is 0 Å². The molecular weight excluding hydrogens is 122 g/mol. The summed E-state index contributed by atoms with van der Waals surface area (Å²) in [6, 6.07) is 0. The highest BCUT2D eigenvalue weighted by Crippen LogP contribution is 1.54. The Kier molecular flexibility index (Phi) is 12.4. The zero-order chi connectivity index (χ0) is 7.70. The predicted molar refractivity (Wildman–Crippen MR) is 34.0 cm³/mol. The molecule has 9 heavy (non-hydrogen) atoms. The normalized spacial score (nSPS) is 6.89. The van der Waals surface area contributed by atoms with Crippen molar-refractivity contribution >= 4 is 5.97 Å². The first-order chi connectivity index (χ1) is 4.18. The lowest BCUT2D eigenvalue weighted by Gasteiger charge is -1.76. The first-order valence-corrected chi connectivity index (χ1v) is 2.29. The Balaban J connectivity index is 0. The molecule has 4 nitrogen and oxygen atoms in total. The molecule has 0 heterocycles. The lowest BCUT2D eigenvalue weighted by atomic mass is 10.7. The Morgan fingerprint density at radius 1 is 1.89 bits per heavy atom. The Morgan fingerprint density at radius 2 is 2.11 bits per heavy atom. The Bertz CT molecular complexity index is 80.3. The molecule has 0 saturated carbocycles. The first-order valence-electron chi connectivity index (χ1n) is 2.29. The quantitative estimate of drug-likeness (QED) is 0.348. The van der Waals surface area contributed by atoms with Crippen LogP contribution in [0.1, 0.15) is 0 Å². The van der Waals surface area contributed by atoms with Crippen molar-refractivity contribution in [2.45, 2.75) is 0 Å². The van der Waals surface area contributed by atoms with E-state index in [-0.39, 0.29) is 6.73 Å². The van der Waals surface area contributed by atoms with Gasteiger partial charge in [0.1, 0.15) is 0 Å². The summed E-state index contributed by atoms with van der Waals surface area (Å²) in [7, 11) is 1.68. The lowest BCUT2D eigenvalue weighted by Crippen LogP contribution is -2.04. The van der Waals surface area contributed by atoms with Gasteiger partial charge >= 0.3 is 5.97 Å². The van der Waals surface area contributed by atoms with Crippen LogP contribution >= 0.6 is 0 Å². The summed E-state index contributed by atoms with van der Waals surface area (Å²) in [5, 5.41) is 17.9. The maximum atomic E-state index is 9.25. The molecule has 0 amide bonds. The van der Waals surface area contributed by atoms with E-state index in [4.69, 9.17) is 10.2 Å². The fourth-order valence-corrected chi connectivity index (χ4v) is 0.